The molecular formula is C7H14O4. The average molecular weight is 162 g/mol. The van der Waals surface area contributed by atoms with E-state index in [9.17, 15) is 4.79 Å². The second-order valence-corrected chi connectivity index (χ2v) is 1.78. The highest BCUT2D eigenvalue weighted by atomic mass is 16.6. The van der Waals surface area contributed by atoms with Gasteiger partial charge in [-0.1, -0.05) is 0 Å². The van der Waals surface area contributed by atoms with Gasteiger partial charge in [0, 0.05) is 0 Å². The van der Waals surface area contributed by atoms with Crippen LogP contribution in [0.25, 0.3) is 0 Å². The Balaban J connectivity index is 0.000000187. The Kier molecular flexibility index (Phi) is 8.87. The zero-order chi connectivity index (χ0) is 8.36. The van der Waals surface area contributed by atoms with Crippen LogP contribution in [0.15, 0.2) is 0 Å². The first kappa shape index (κ1) is 10.4. The molecule has 0 aliphatic carbocycles. The Morgan fingerprint density at radius 3 is 1.82 bits per heavy atom. The fourth-order valence-corrected chi connectivity index (χ4v) is 0.508. The van der Waals surface area contributed by atoms with Gasteiger partial charge < -0.3 is 14.2 Å². The van der Waals surface area contributed by atoms with Gasteiger partial charge in [-0.05, 0) is 6.92 Å². The molecule has 0 unspecified atom stereocenters. The lowest BCUT2D eigenvalue weighted by Gasteiger charge is -2.09. The summed E-state index contributed by atoms with van der Waals surface area (Å²) in [5.41, 5.74) is 0. The third kappa shape index (κ3) is 9.39. The molecule has 1 fully saturated rings. The molecule has 0 bridgehead atoms. The molecule has 0 atom stereocenters. The van der Waals surface area contributed by atoms with Gasteiger partial charge in [-0.15, -0.1) is 0 Å². The largest absolute Gasteiger partial charge is 0.468 e. The summed E-state index contributed by atoms with van der Waals surface area (Å²) in [5, 5.41) is 0. The van der Waals surface area contributed by atoms with Crippen LogP contribution in [0.2, 0.25) is 0 Å². The van der Waals surface area contributed by atoms with Crippen molar-refractivity contribution < 1.29 is 19.0 Å². The van der Waals surface area contributed by atoms with Crippen LogP contribution in [-0.4, -0.2) is 39.5 Å². The van der Waals surface area contributed by atoms with Gasteiger partial charge in [-0.3, -0.25) is 4.79 Å². The van der Waals surface area contributed by atoms with Crippen LogP contribution in [-0.2, 0) is 19.0 Å². The van der Waals surface area contributed by atoms with Crippen LogP contribution in [0.3, 0.4) is 0 Å². The van der Waals surface area contributed by atoms with Gasteiger partial charge in [0.1, 0.15) is 0 Å². The van der Waals surface area contributed by atoms with Crippen molar-refractivity contribution in [3.05, 3.63) is 0 Å². The third-order valence-electron chi connectivity index (χ3n) is 0.979. The predicted octanol–water partition coefficient (Wildman–Crippen LogP) is 0.212. The van der Waals surface area contributed by atoms with E-state index in [-0.39, 0.29) is 0 Å². The minimum absolute atomic E-state index is 0.431. The molecule has 0 aromatic carbocycles. The van der Waals surface area contributed by atoms with Crippen LogP contribution >= 0.6 is 0 Å². The normalized spacial score (nSPS) is 16.1. The van der Waals surface area contributed by atoms with E-state index in [1.165, 1.54) is 0 Å². The van der Waals surface area contributed by atoms with E-state index >= 15 is 0 Å². The molecule has 1 aliphatic heterocycles. The van der Waals surface area contributed by atoms with Crippen LogP contribution in [0.1, 0.15) is 6.92 Å². The maximum atomic E-state index is 9.18. The zero-order valence-electron chi connectivity index (χ0n) is 6.75. The molecule has 1 saturated heterocycles. The minimum atomic E-state index is 0.431. The second kappa shape index (κ2) is 9.39. The van der Waals surface area contributed by atoms with E-state index in [0.717, 1.165) is 26.4 Å². The number of rotatable bonds is 2. The van der Waals surface area contributed by atoms with Crippen LogP contribution < -0.4 is 0 Å². The van der Waals surface area contributed by atoms with E-state index in [1.807, 2.05) is 0 Å². The molecule has 4 heteroatoms. The van der Waals surface area contributed by atoms with Crippen molar-refractivity contribution in [1.29, 1.82) is 0 Å². The van der Waals surface area contributed by atoms with E-state index in [0.29, 0.717) is 13.1 Å². The molecule has 0 amide bonds. The third-order valence-corrected chi connectivity index (χ3v) is 0.979. The average Bonchev–Trinajstić information content (AvgIpc) is 2.10. The van der Waals surface area contributed by atoms with E-state index < -0.39 is 0 Å². The molecule has 1 rings (SSSR count). The Bertz CT molecular complexity index is 69.0. The predicted molar refractivity (Wildman–Crippen MR) is 39.3 cm³/mol. The number of hydrogen-bond acceptors (Lipinski definition) is 4. The molecular weight excluding hydrogens is 148 g/mol. The molecule has 4 nitrogen and oxygen atoms in total. The van der Waals surface area contributed by atoms with Crippen molar-refractivity contribution in [2.24, 2.45) is 0 Å². The molecule has 0 saturated carbocycles. The van der Waals surface area contributed by atoms with Crippen molar-refractivity contribution >= 4 is 6.47 Å². The number of carbonyl (C=O) groups is 1. The van der Waals surface area contributed by atoms with Crippen molar-refractivity contribution in [3.63, 3.8) is 0 Å². The summed E-state index contributed by atoms with van der Waals surface area (Å²) in [4.78, 5) is 9.18. The molecule has 66 valence electrons. The highest BCUT2D eigenvalue weighted by Crippen LogP contribution is 1.85. The number of ether oxygens (including phenoxy) is 3. The first-order valence-electron chi connectivity index (χ1n) is 3.62. The first-order chi connectivity index (χ1) is 5.41. The maximum Gasteiger partial charge on any atom is 0.293 e. The topological polar surface area (TPSA) is 44.8 Å². The standard InChI is InChI=1S/C4H8O2.C3H6O2/c1-2-6-4-3-5-1;1-2-5-3-4/h1-4H2;3H,2H2,1H3. The molecule has 0 aromatic heterocycles. The summed E-state index contributed by atoms with van der Waals surface area (Å²) in [6.07, 6.45) is 0. The van der Waals surface area contributed by atoms with Gasteiger partial charge in [0.05, 0.1) is 33.0 Å². The summed E-state index contributed by atoms with van der Waals surface area (Å²) >= 11 is 0. The minimum Gasteiger partial charge on any atom is -0.468 e. The zero-order valence-corrected chi connectivity index (χ0v) is 6.75. The van der Waals surface area contributed by atoms with Gasteiger partial charge in [0.2, 0.25) is 0 Å². The summed E-state index contributed by atoms with van der Waals surface area (Å²) < 4.78 is 14.0. The monoisotopic (exact) mass is 162 g/mol. The summed E-state index contributed by atoms with van der Waals surface area (Å²) in [6, 6.07) is 0. The van der Waals surface area contributed by atoms with Crippen molar-refractivity contribution in [2.75, 3.05) is 33.0 Å². The van der Waals surface area contributed by atoms with Crippen molar-refractivity contribution in [2.45, 2.75) is 6.92 Å². The van der Waals surface area contributed by atoms with E-state index in [4.69, 9.17) is 9.47 Å². The molecule has 1 aliphatic rings. The van der Waals surface area contributed by atoms with Gasteiger partial charge in [-0.25, -0.2) is 0 Å². The van der Waals surface area contributed by atoms with Gasteiger partial charge in [0.25, 0.3) is 6.47 Å². The summed E-state index contributed by atoms with van der Waals surface area (Å²) in [5.74, 6) is 0. The molecule has 1 heterocycles. The smallest absolute Gasteiger partial charge is 0.293 e. The maximum absolute atomic E-state index is 9.18. The van der Waals surface area contributed by atoms with E-state index in [2.05, 4.69) is 4.74 Å². The van der Waals surface area contributed by atoms with E-state index in [1.54, 1.807) is 6.92 Å². The molecule has 11 heavy (non-hydrogen) atoms. The Labute approximate surface area is 66.4 Å². The highest BCUT2D eigenvalue weighted by molar-refractivity contribution is 5.36. The van der Waals surface area contributed by atoms with Crippen molar-refractivity contribution in [1.82, 2.24) is 0 Å². The Hall–Kier alpha value is -0.610. The fraction of sp³-hybridized carbons (Fsp3) is 0.857. The summed E-state index contributed by atoms with van der Waals surface area (Å²) in [7, 11) is 0. The lowest BCUT2D eigenvalue weighted by molar-refractivity contribution is -0.128. The van der Waals surface area contributed by atoms with Crippen LogP contribution in [0, 0.1) is 0 Å². The molecule has 0 radical (unpaired) electrons. The van der Waals surface area contributed by atoms with Crippen LogP contribution in [0.4, 0.5) is 0 Å². The fourth-order valence-electron chi connectivity index (χ4n) is 0.508. The second-order valence-electron chi connectivity index (χ2n) is 1.78. The molecule has 0 spiro atoms. The number of carbonyl (C=O) groups excluding carboxylic acids is 1. The van der Waals surface area contributed by atoms with Crippen molar-refractivity contribution in [3.8, 4) is 0 Å². The number of hydrogen-bond donors (Lipinski definition) is 0. The molecule has 0 aromatic rings. The SMILES string of the molecule is C1COCCO1.CCOC=O. The summed E-state index contributed by atoms with van der Waals surface area (Å²) in [6.45, 7) is 5.78. The lowest BCUT2D eigenvalue weighted by Crippen LogP contribution is -2.16. The van der Waals surface area contributed by atoms with Crippen LogP contribution in [0.5, 0.6) is 0 Å². The lowest BCUT2D eigenvalue weighted by atomic mass is 10.6. The molecule has 0 N–H and O–H groups in total. The quantitative estimate of drug-likeness (QED) is 0.544. The Morgan fingerprint density at radius 2 is 1.73 bits per heavy atom. The Morgan fingerprint density at radius 1 is 1.27 bits per heavy atom. The van der Waals surface area contributed by atoms with Gasteiger partial charge in [-0.2, -0.15) is 0 Å². The highest BCUT2D eigenvalue weighted by Gasteiger charge is 1.94. The van der Waals surface area contributed by atoms with Gasteiger partial charge >= 0.3 is 0 Å². The first-order valence-corrected chi connectivity index (χ1v) is 3.62. The van der Waals surface area contributed by atoms with Gasteiger partial charge in [0.15, 0.2) is 0 Å².